The molecule has 1 amide bonds. The molecule has 0 aromatic rings. The van der Waals surface area contributed by atoms with E-state index in [1.54, 1.807) is 21.0 Å². The number of halogens is 1. The van der Waals surface area contributed by atoms with E-state index >= 15 is 0 Å². The van der Waals surface area contributed by atoms with Gasteiger partial charge in [-0.2, -0.15) is 0 Å². The molecule has 0 fully saturated rings. The second-order valence-electron chi connectivity index (χ2n) is 3.29. The molecule has 5 heteroatoms. The van der Waals surface area contributed by atoms with E-state index in [1.165, 1.54) is 0 Å². The minimum atomic E-state index is -0.603. The maximum absolute atomic E-state index is 11.3. The predicted octanol–water partition coefficient (Wildman–Crippen LogP) is 0.946. The Kier molecular flexibility index (Phi) is 6.03. The first kappa shape index (κ1) is 12.7. The molecule has 13 heavy (non-hydrogen) atoms. The Morgan fingerprint density at radius 3 is 2.54 bits per heavy atom. The third kappa shape index (κ3) is 5.08. The molecule has 0 aromatic carbocycles. The lowest BCUT2D eigenvalue weighted by molar-refractivity contribution is -0.142. The molecule has 0 aliphatic rings. The lowest BCUT2D eigenvalue weighted by Gasteiger charge is -2.19. The number of carbonyl (C=O) groups excluding carboxylic acids is 1. The van der Waals surface area contributed by atoms with Gasteiger partial charge in [-0.1, -0.05) is 0 Å². The van der Waals surface area contributed by atoms with Gasteiger partial charge < -0.3 is 4.74 Å². The van der Waals surface area contributed by atoms with Crippen LogP contribution in [0.3, 0.4) is 0 Å². The monoisotopic (exact) mass is 209 g/mol. The topological polar surface area (TPSA) is 47.6 Å². The predicted molar refractivity (Wildman–Crippen MR) is 50.5 cm³/mol. The number of rotatable bonds is 6. The van der Waals surface area contributed by atoms with Crippen molar-refractivity contribution in [1.82, 2.24) is 5.48 Å². The molecule has 0 atom stereocenters. The van der Waals surface area contributed by atoms with Crippen LogP contribution in [0.25, 0.3) is 0 Å². The van der Waals surface area contributed by atoms with E-state index in [-0.39, 0.29) is 11.8 Å². The minimum Gasteiger partial charge on any atom is -0.382 e. The number of ether oxygens (including phenoxy) is 1. The molecule has 0 aromatic heterocycles. The van der Waals surface area contributed by atoms with Gasteiger partial charge in [-0.15, -0.1) is 11.6 Å². The molecule has 0 aliphatic carbocycles. The summed E-state index contributed by atoms with van der Waals surface area (Å²) in [7, 11) is 1.56. The van der Waals surface area contributed by atoms with E-state index in [0.717, 1.165) is 0 Å². The van der Waals surface area contributed by atoms with E-state index < -0.39 is 5.41 Å². The summed E-state index contributed by atoms with van der Waals surface area (Å²) in [6.45, 7) is 4.27. The van der Waals surface area contributed by atoms with Gasteiger partial charge in [-0.3, -0.25) is 9.63 Å². The average Bonchev–Trinajstić information content (AvgIpc) is 2.12. The summed E-state index contributed by atoms with van der Waals surface area (Å²) in [4.78, 5) is 16.1. The quantitative estimate of drug-likeness (QED) is 0.403. The summed E-state index contributed by atoms with van der Waals surface area (Å²) in [5, 5.41) is 0. The van der Waals surface area contributed by atoms with Crippen LogP contribution in [0.15, 0.2) is 0 Å². The van der Waals surface area contributed by atoms with Gasteiger partial charge in [0.15, 0.2) is 0 Å². The SMILES string of the molecule is COCCONC(=O)C(C)(C)CCl. The molecule has 0 aliphatic heterocycles. The second kappa shape index (κ2) is 6.18. The Balaban J connectivity index is 3.62. The number of methoxy groups -OCH3 is 1. The number of nitrogens with one attached hydrogen (secondary N) is 1. The van der Waals surface area contributed by atoms with Crippen molar-refractivity contribution in [3.63, 3.8) is 0 Å². The van der Waals surface area contributed by atoms with Crippen molar-refractivity contribution < 1.29 is 14.4 Å². The van der Waals surface area contributed by atoms with Gasteiger partial charge in [0.1, 0.15) is 0 Å². The molecule has 0 unspecified atom stereocenters. The molecule has 0 spiro atoms. The van der Waals surface area contributed by atoms with Crippen LogP contribution in [0.1, 0.15) is 13.8 Å². The zero-order chi connectivity index (χ0) is 10.3. The summed E-state index contributed by atoms with van der Waals surface area (Å²) >= 11 is 5.59. The van der Waals surface area contributed by atoms with Crippen molar-refractivity contribution in [2.45, 2.75) is 13.8 Å². The van der Waals surface area contributed by atoms with E-state index in [1.807, 2.05) is 0 Å². The van der Waals surface area contributed by atoms with Gasteiger partial charge in [-0.25, -0.2) is 5.48 Å². The fraction of sp³-hybridized carbons (Fsp3) is 0.875. The number of hydroxylamine groups is 1. The van der Waals surface area contributed by atoms with Crippen LogP contribution in [-0.4, -0.2) is 32.1 Å². The maximum Gasteiger partial charge on any atom is 0.250 e. The molecule has 1 N–H and O–H groups in total. The fourth-order valence-corrected chi connectivity index (χ4v) is 0.562. The third-order valence-corrected chi connectivity index (χ3v) is 2.17. The molecule has 0 saturated carbocycles. The first-order valence-corrected chi connectivity index (χ1v) is 4.55. The van der Waals surface area contributed by atoms with Gasteiger partial charge in [0.25, 0.3) is 0 Å². The molecule has 0 heterocycles. The van der Waals surface area contributed by atoms with Crippen LogP contribution in [0.5, 0.6) is 0 Å². The first-order valence-electron chi connectivity index (χ1n) is 4.01. The van der Waals surface area contributed by atoms with Gasteiger partial charge >= 0.3 is 0 Å². The summed E-state index contributed by atoms with van der Waals surface area (Å²) in [6.07, 6.45) is 0. The van der Waals surface area contributed by atoms with E-state index in [0.29, 0.717) is 13.2 Å². The molecule has 0 saturated heterocycles. The fourth-order valence-electron chi connectivity index (χ4n) is 0.440. The highest BCUT2D eigenvalue weighted by Gasteiger charge is 2.26. The van der Waals surface area contributed by atoms with Gasteiger partial charge in [0.05, 0.1) is 18.6 Å². The zero-order valence-electron chi connectivity index (χ0n) is 8.22. The lowest BCUT2D eigenvalue weighted by Crippen LogP contribution is -2.38. The number of hydrogen-bond acceptors (Lipinski definition) is 3. The average molecular weight is 210 g/mol. The third-order valence-electron chi connectivity index (χ3n) is 1.50. The van der Waals surface area contributed by atoms with E-state index in [9.17, 15) is 4.79 Å². The zero-order valence-corrected chi connectivity index (χ0v) is 8.98. The van der Waals surface area contributed by atoms with E-state index in [2.05, 4.69) is 5.48 Å². The van der Waals surface area contributed by atoms with Crippen LogP contribution >= 0.6 is 11.6 Å². The molecular formula is C8H16ClNO3. The second-order valence-corrected chi connectivity index (χ2v) is 3.56. The Hall–Kier alpha value is -0.320. The van der Waals surface area contributed by atoms with Crippen molar-refractivity contribution in [1.29, 1.82) is 0 Å². The van der Waals surface area contributed by atoms with Crippen LogP contribution in [0.2, 0.25) is 0 Å². The van der Waals surface area contributed by atoms with Gasteiger partial charge in [-0.05, 0) is 13.8 Å². The Morgan fingerprint density at radius 1 is 1.46 bits per heavy atom. The summed E-state index contributed by atoms with van der Waals surface area (Å²) in [5.74, 6) is 0.0329. The van der Waals surface area contributed by atoms with Crippen molar-refractivity contribution in [2.24, 2.45) is 5.41 Å². The maximum atomic E-state index is 11.3. The van der Waals surface area contributed by atoms with Crippen LogP contribution in [0.4, 0.5) is 0 Å². The van der Waals surface area contributed by atoms with Gasteiger partial charge in [0.2, 0.25) is 5.91 Å². The highest BCUT2D eigenvalue weighted by Crippen LogP contribution is 2.16. The first-order chi connectivity index (χ1) is 6.04. The molecule has 0 radical (unpaired) electrons. The van der Waals surface area contributed by atoms with Crippen molar-refractivity contribution >= 4 is 17.5 Å². The number of carbonyl (C=O) groups is 1. The standard InChI is InChI=1S/C8H16ClNO3/c1-8(2,6-9)7(11)10-13-5-4-12-3/h4-6H2,1-3H3,(H,10,11). The molecule has 0 bridgehead atoms. The molecule has 0 rings (SSSR count). The van der Waals surface area contributed by atoms with Crippen molar-refractivity contribution in [2.75, 3.05) is 26.2 Å². The largest absolute Gasteiger partial charge is 0.382 e. The summed E-state index contributed by atoms with van der Waals surface area (Å²) in [5.41, 5.74) is 1.70. The molecule has 78 valence electrons. The van der Waals surface area contributed by atoms with Crippen molar-refractivity contribution in [3.8, 4) is 0 Å². The lowest BCUT2D eigenvalue weighted by atomic mass is 9.96. The smallest absolute Gasteiger partial charge is 0.250 e. The highest BCUT2D eigenvalue weighted by atomic mass is 35.5. The minimum absolute atomic E-state index is 0.224. The van der Waals surface area contributed by atoms with E-state index in [4.69, 9.17) is 21.2 Å². The number of alkyl halides is 1. The van der Waals surface area contributed by atoms with Gasteiger partial charge in [0, 0.05) is 13.0 Å². The van der Waals surface area contributed by atoms with Crippen LogP contribution < -0.4 is 5.48 Å². The Morgan fingerprint density at radius 2 is 2.08 bits per heavy atom. The highest BCUT2D eigenvalue weighted by molar-refractivity contribution is 6.19. The molecule has 4 nitrogen and oxygen atoms in total. The van der Waals surface area contributed by atoms with Crippen LogP contribution in [-0.2, 0) is 14.4 Å². The van der Waals surface area contributed by atoms with Crippen LogP contribution in [0, 0.1) is 5.41 Å². The van der Waals surface area contributed by atoms with Crippen molar-refractivity contribution in [3.05, 3.63) is 0 Å². The summed E-state index contributed by atoms with van der Waals surface area (Å²) < 4.78 is 4.73. The Bertz CT molecular complexity index is 161. The molecular weight excluding hydrogens is 194 g/mol. The number of hydrogen-bond donors (Lipinski definition) is 1. The summed E-state index contributed by atoms with van der Waals surface area (Å²) in [6, 6.07) is 0. The Labute approximate surface area is 83.5 Å². The number of amides is 1. The normalized spacial score (nSPS) is 11.4.